The smallest absolute Gasteiger partial charge is 0.207 e. The first-order chi connectivity index (χ1) is 9.45. The predicted molar refractivity (Wildman–Crippen MR) is 79.1 cm³/mol. The molecule has 2 rings (SSSR count). The number of rotatable bonds is 4. The Morgan fingerprint density at radius 3 is 2.70 bits per heavy atom. The molecule has 0 unspecified atom stereocenters. The molecule has 0 radical (unpaired) electrons. The van der Waals surface area contributed by atoms with E-state index in [1.165, 1.54) is 40.9 Å². The molecule has 0 aliphatic rings. The zero-order valence-electron chi connectivity index (χ0n) is 10.6. The topological polar surface area (TPSA) is 61.2 Å². The molecular weight excluding hydrogens is 316 g/mol. The molecule has 2 aromatic rings. The van der Waals surface area contributed by atoms with Crippen LogP contribution in [0.2, 0.25) is 5.02 Å². The number of hydrogen-bond donors (Lipinski definition) is 0. The van der Waals surface area contributed by atoms with Crippen molar-refractivity contribution >= 4 is 33.0 Å². The lowest BCUT2D eigenvalue weighted by molar-refractivity contribution is 0.467. The highest BCUT2D eigenvalue weighted by Gasteiger charge is 2.22. The van der Waals surface area contributed by atoms with Gasteiger partial charge < -0.3 is 0 Å². The van der Waals surface area contributed by atoms with Crippen LogP contribution < -0.4 is 0 Å². The van der Waals surface area contributed by atoms with Crippen molar-refractivity contribution in [1.82, 2.24) is 4.31 Å². The standard InChI is InChI=1S/C13H11ClN2O2S2/c1-16(8-10-4-5-19-9-10)20(17,18)12-3-2-11(7-15)13(14)6-12/h2-6,9H,8H2,1H3. The summed E-state index contributed by atoms with van der Waals surface area (Å²) in [6, 6.07) is 7.89. The highest BCUT2D eigenvalue weighted by atomic mass is 35.5. The van der Waals surface area contributed by atoms with Gasteiger partial charge in [0, 0.05) is 13.6 Å². The average molecular weight is 327 g/mol. The van der Waals surface area contributed by atoms with Crippen LogP contribution in [0.1, 0.15) is 11.1 Å². The van der Waals surface area contributed by atoms with Crippen molar-refractivity contribution in [2.45, 2.75) is 11.4 Å². The van der Waals surface area contributed by atoms with E-state index in [9.17, 15) is 8.42 Å². The van der Waals surface area contributed by atoms with Crippen LogP contribution in [-0.4, -0.2) is 19.8 Å². The monoisotopic (exact) mass is 326 g/mol. The van der Waals surface area contributed by atoms with Crippen LogP contribution >= 0.6 is 22.9 Å². The van der Waals surface area contributed by atoms with Gasteiger partial charge >= 0.3 is 0 Å². The van der Waals surface area contributed by atoms with Crippen molar-refractivity contribution in [2.24, 2.45) is 0 Å². The largest absolute Gasteiger partial charge is 0.243 e. The minimum Gasteiger partial charge on any atom is -0.207 e. The van der Waals surface area contributed by atoms with E-state index in [1.54, 1.807) is 0 Å². The fourth-order valence-corrected chi connectivity index (χ4v) is 3.78. The summed E-state index contributed by atoms with van der Waals surface area (Å²) in [5, 5.41) is 12.7. The fraction of sp³-hybridized carbons (Fsp3) is 0.154. The Bertz CT molecular complexity index is 749. The SMILES string of the molecule is CN(Cc1ccsc1)S(=O)(=O)c1ccc(C#N)c(Cl)c1. The first kappa shape index (κ1) is 15.0. The van der Waals surface area contributed by atoms with E-state index in [0.29, 0.717) is 6.54 Å². The lowest BCUT2D eigenvalue weighted by atomic mass is 10.2. The normalized spacial score (nSPS) is 11.5. The number of benzene rings is 1. The van der Waals surface area contributed by atoms with Gasteiger partial charge in [-0.2, -0.15) is 20.9 Å². The van der Waals surface area contributed by atoms with Gasteiger partial charge in [0.05, 0.1) is 15.5 Å². The molecule has 0 atom stereocenters. The molecule has 0 amide bonds. The van der Waals surface area contributed by atoms with E-state index in [1.807, 2.05) is 22.9 Å². The molecule has 1 aromatic heterocycles. The third-order valence-corrected chi connectivity index (χ3v) is 5.60. The summed E-state index contributed by atoms with van der Waals surface area (Å²) in [6.07, 6.45) is 0. The first-order valence-electron chi connectivity index (χ1n) is 5.62. The van der Waals surface area contributed by atoms with Gasteiger partial charge in [-0.25, -0.2) is 8.42 Å². The Morgan fingerprint density at radius 2 is 2.15 bits per heavy atom. The molecule has 0 saturated heterocycles. The van der Waals surface area contributed by atoms with Gasteiger partial charge in [0.25, 0.3) is 0 Å². The molecule has 1 heterocycles. The van der Waals surface area contributed by atoms with Crippen molar-refractivity contribution in [2.75, 3.05) is 7.05 Å². The number of nitrogens with zero attached hydrogens (tertiary/aromatic N) is 2. The molecule has 7 heteroatoms. The van der Waals surface area contributed by atoms with E-state index in [4.69, 9.17) is 16.9 Å². The molecule has 104 valence electrons. The van der Waals surface area contributed by atoms with Gasteiger partial charge in [-0.1, -0.05) is 11.6 Å². The molecule has 0 saturated carbocycles. The number of sulfonamides is 1. The molecule has 0 bridgehead atoms. The van der Waals surface area contributed by atoms with Crippen molar-refractivity contribution < 1.29 is 8.42 Å². The maximum Gasteiger partial charge on any atom is 0.243 e. The summed E-state index contributed by atoms with van der Waals surface area (Å²) >= 11 is 7.40. The Morgan fingerprint density at radius 1 is 1.40 bits per heavy atom. The lowest BCUT2D eigenvalue weighted by Crippen LogP contribution is -2.26. The molecular formula is C13H11ClN2O2S2. The minimum absolute atomic E-state index is 0.0826. The Balaban J connectivity index is 2.30. The number of thiophene rings is 1. The highest BCUT2D eigenvalue weighted by molar-refractivity contribution is 7.89. The van der Waals surface area contributed by atoms with E-state index in [0.717, 1.165) is 5.56 Å². The maximum absolute atomic E-state index is 12.4. The molecule has 0 fully saturated rings. The molecule has 0 spiro atoms. The second-order valence-electron chi connectivity index (χ2n) is 4.15. The van der Waals surface area contributed by atoms with E-state index < -0.39 is 10.0 Å². The van der Waals surface area contributed by atoms with Gasteiger partial charge in [-0.05, 0) is 40.6 Å². The zero-order chi connectivity index (χ0) is 14.8. The van der Waals surface area contributed by atoms with E-state index in [-0.39, 0.29) is 15.5 Å². The number of halogens is 1. The van der Waals surface area contributed by atoms with Crippen LogP contribution in [0.3, 0.4) is 0 Å². The van der Waals surface area contributed by atoms with Crippen LogP contribution in [-0.2, 0) is 16.6 Å². The third kappa shape index (κ3) is 3.02. The Hall–Kier alpha value is -1.39. The highest BCUT2D eigenvalue weighted by Crippen LogP contribution is 2.23. The lowest BCUT2D eigenvalue weighted by Gasteiger charge is -2.16. The quantitative estimate of drug-likeness (QED) is 0.867. The van der Waals surface area contributed by atoms with Gasteiger partial charge in [-0.15, -0.1) is 0 Å². The molecule has 0 aliphatic heterocycles. The van der Waals surface area contributed by atoms with Gasteiger partial charge in [0.2, 0.25) is 10.0 Å². The summed E-state index contributed by atoms with van der Waals surface area (Å²) in [6.45, 7) is 0.295. The minimum atomic E-state index is -3.62. The molecule has 0 N–H and O–H groups in total. The fourth-order valence-electron chi connectivity index (χ4n) is 1.65. The van der Waals surface area contributed by atoms with Crippen LogP contribution in [0, 0.1) is 11.3 Å². The Labute approximate surface area is 126 Å². The van der Waals surface area contributed by atoms with E-state index >= 15 is 0 Å². The second kappa shape index (κ2) is 5.94. The molecule has 4 nitrogen and oxygen atoms in total. The second-order valence-corrected chi connectivity index (χ2v) is 7.38. The zero-order valence-corrected chi connectivity index (χ0v) is 13.0. The Kier molecular flexibility index (Phi) is 4.45. The van der Waals surface area contributed by atoms with Crippen molar-refractivity contribution in [3.8, 4) is 6.07 Å². The molecule has 20 heavy (non-hydrogen) atoms. The van der Waals surface area contributed by atoms with Crippen LogP contribution in [0.5, 0.6) is 0 Å². The summed E-state index contributed by atoms with van der Waals surface area (Å²) in [5.41, 5.74) is 1.19. The van der Waals surface area contributed by atoms with Gasteiger partial charge in [0.15, 0.2) is 0 Å². The van der Waals surface area contributed by atoms with Crippen LogP contribution in [0.15, 0.2) is 39.9 Å². The van der Waals surface area contributed by atoms with Crippen LogP contribution in [0.4, 0.5) is 0 Å². The third-order valence-electron chi connectivity index (χ3n) is 2.75. The van der Waals surface area contributed by atoms with Gasteiger partial charge in [-0.3, -0.25) is 0 Å². The summed E-state index contributed by atoms with van der Waals surface area (Å²) in [5.74, 6) is 0. The average Bonchev–Trinajstić information content (AvgIpc) is 2.91. The number of hydrogen-bond acceptors (Lipinski definition) is 4. The number of nitriles is 1. The summed E-state index contributed by atoms with van der Waals surface area (Å²) in [4.78, 5) is 0.0826. The maximum atomic E-state index is 12.4. The first-order valence-corrected chi connectivity index (χ1v) is 8.38. The van der Waals surface area contributed by atoms with Crippen LogP contribution in [0.25, 0.3) is 0 Å². The molecule has 0 aliphatic carbocycles. The van der Waals surface area contributed by atoms with Crippen molar-refractivity contribution in [3.63, 3.8) is 0 Å². The van der Waals surface area contributed by atoms with E-state index in [2.05, 4.69) is 0 Å². The van der Waals surface area contributed by atoms with Gasteiger partial charge in [0.1, 0.15) is 6.07 Å². The van der Waals surface area contributed by atoms with Crippen molar-refractivity contribution in [3.05, 3.63) is 51.2 Å². The van der Waals surface area contributed by atoms with Crippen molar-refractivity contribution in [1.29, 1.82) is 5.26 Å². The predicted octanol–water partition coefficient (Wildman–Crippen LogP) is 3.09. The summed E-state index contributed by atoms with van der Waals surface area (Å²) < 4.78 is 26.1. The summed E-state index contributed by atoms with van der Waals surface area (Å²) in [7, 11) is -2.11. The molecule has 1 aromatic carbocycles.